The molecule has 0 bridgehead atoms. The molecule has 3 rings (SSSR count). The fraction of sp³-hybridized carbons (Fsp3) is 0.304. The maximum atomic E-state index is 13.2. The summed E-state index contributed by atoms with van der Waals surface area (Å²) in [6.07, 6.45) is 0. The van der Waals surface area contributed by atoms with E-state index in [0.29, 0.717) is 23.7 Å². The topological polar surface area (TPSA) is 129 Å². The predicted molar refractivity (Wildman–Crippen MR) is 123 cm³/mol. The van der Waals surface area contributed by atoms with Crippen LogP contribution in [0.1, 0.15) is 18.5 Å². The van der Waals surface area contributed by atoms with Gasteiger partial charge in [-0.1, -0.05) is 12.1 Å². The van der Waals surface area contributed by atoms with Gasteiger partial charge in [0.2, 0.25) is 0 Å². The van der Waals surface area contributed by atoms with Crippen LogP contribution in [0.3, 0.4) is 0 Å². The number of methoxy groups -OCH3 is 3. The maximum Gasteiger partial charge on any atom is 0.338 e. The number of nitrogens with one attached hydrogen (secondary N) is 2. The lowest BCUT2D eigenvalue weighted by molar-refractivity contribution is -0.136. The van der Waals surface area contributed by atoms with E-state index in [9.17, 15) is 18.0 Å². The summed E-state index contributed by atoms with van der Waals surface area (Å²) in [5, 5.41) is 5.12. The van der Waals surface area contributed by atoms with E-state index < -0.39 is 33.6 Å². The Morgan fingerprint density at radius 3 is 2.26 bits per heavy atom. The normalized spacial score (nSPS) is 15.8. The second-order valence-electron chi connectivity index (χ2n) is 7.19. The number of ether oxygens (including phenoxy) is 4. The van der Waals surface area contributed by atoms with Crippen molar-refractivity contribution in [3.05, 3.63) is 59.3 Å². The van der Waals surface area contributed by atoms with Crippen LogP contribution in [-0.4, -0.2) is 54.1 Å². The first-order valence-corrected chi connectivity index (χ1v) is 12.0. The van der Waals surface area contributed by atoms with Gasteiger partial charge in [0.25, 0.3) is 0 Å². The molecule has 2 aromatic carbocycles. The molecule has 0 aliphatic carbocycles. The average molecular weight is 491 g/mol. The molecule has 34 heavy (non-hydrogen) atoms. The minimum atomic E-state index is -4.00. The van der Waals surface area contributed by atoms with Crippen LogP contribution in [0.25, 0.3) is 0 Å². The van der Waals surface area contributed by atoms with Crippen LogP contribution in [0.15, 0.2) is 58.6 Å². The monoisotopic (exact) mass is 490 g/mol. The van der Waals surface area contributed by atoms with E-state index in [1.807, 2.05) is 6.92 Å². The molecule has 1 aliphatic heterocycles. The summed E-state index contributed by atoms with van der Waals surface area (Å²) in [4.78, 5) is 25.1. The molecular formula is C23H26N2O8S. The zero-order valence-corrected chi connectivity index (χ0v) is 20.0. The van der Waals surface area contributed by atoms with Crippen molar-refractivity contribution in [2.45, 2.75) is 17.9 Å². The van der Waals surface area contributed by atoms with Crippen molar-refractivity contribution >= 4 is 21.8 Å². The third-order valence-electron chi connectivity index (χ3n) is 5.13. The number of carbonyl (C=O) groups is 2. The van der Waals surface area contributed by atoms with Crippen LogP contribution in [0.5, 0.6) is 17.2 Å². The summed E-state index contributed by atoms with van der Waals surface area (Å²) in [7, 11) is 0.00814. The molecule has 11 heteroatoms. The molecule has 1 aliphatic rings. The van der Waals surface area contributed by atoms with Gasteiger partial charge in [0.15, 0.2) is 21.3 Å². The Hall–Kier alpha value is -3.73. The Balaban J connectivity index is 2.05. The summed E-state index contributed by atoms with van der Waals surface area (Å²) in [6, 6.07) is 9.34. The number of esters is 1. The molecule has 0 radical (unpaired) electrons. The van der Waals surface area contributed by atoms with Gasteiger partial charge in [0, 0.05) is 11.8 Å². The van der Waals surface area contributed by atoms with Gasteiger partial charge in [-0.05, 0) is 36.8 Å². The fourth-order valence-electron chi connectivity index (χ4n) is 3.54. The molecule has 10 nitrogen and oxygen atoms in total. The van der Waals surface area contributed by atoms with Gasteiger partial charge in [-0.2, -0.15) is 0 Å². The second-order valence-corrected chi connectivity index (χ2v) is 9.18. The van der Waals surface area contributed by atoms with Crippen molar-refractivity contribution in [2.75, 3.05) is 33.7 Å². The van der Waals surface area contributed by atoms with Crippen molar-refractivity contribution in [3.63, 3.8) is 0 Å². The van der Waals surface area contributed by atoms with E-state index in [1.165, 1.54) is 39.5 Å². The largest absolute Gasteiger partial charge is 0.494 e. The Bertz CT molecular complexity index is 1210. The Morgan fingerprint density at radius 2 is 1.68 bits per heavy atom. The van der Waals surface area contributed by atoms with Gasteiger partial charge in [0.05, 0.1) is 50.2 Å². The van der Waals surface area contributed by atoms with Crippen LogP contribution < -0.4 is 24.8 Å². The molecule has 0 unspecified atom stereocenters. The van der Waals surface area contributed by atoms with Gasteiger partial charge < -0.3 is 29.6 Å². The maximum absolute atomic E-state index is 13.2. The number of hydrogen-bond donors (Lipinski definition) is 2. The van der Waals surface area contributed by atoms with E-state index in [1.54, 1.807) is 24.3 Å². The molecular weight excluding hydrogens is 464 g/mol. The van der Waals surface area contributed by atoms with Crippen LogP contribution in [0.4, 0.5) is 4.79 Å². The quantitative estimate of drug-likeness (QED) is 0.513. The lowest BCUT2D eigenvalue weighted by Crippen LogP contribution is -2.47. The molecule has 2 amide bonds. The summed E-state index contributed by atoms with van der Waals surface area (Å²) in [6.45, 7) is 2.33. The van der Waals surface area contributed by atoms with Crippen molar-refractivity contribution in [3.8, 4) is 17.2 Å². The summed E-state index contributed by atoms with van der Waals surface area (Å²) in [5.41, 5.74) is 0.458. The number of rotatable bonds is 9. The summed E-state index contributed by atoms with van der Waals surface area (Å²) < 4.78 is 47.1. The zero-order valence-electron chi connectivity index (χ0n) is 19.2. The van der Waals surface area contributed by atoms with Gasteiger partial charge >= 0.3 is 12.0 Å². The highest BCUT2D eigenvalue weighted by molar-refractivity contribution is 7.91. The molecule has 1 atom stereocenters. The van der Waals surface area contributed by atoms with Gasteiger partial charge in [-0.25, -0.2) is 18.0 Å². The number of urea groups is 1. The molecule has 0 aromatic heterocycles. The van der Waals surface area contributed by atoms with Crippen molar-refractivity contribution < 1.29 is 37.0 Å². The van der Waals surface area contributed by atoms with Gasteiger partial charge in [-0.15, -0.1) is 0 Å². The number of amides is 2. The molecule has 2 N–H and O–H groups in total. The number of carbonyl (C=O) groups excluding carboxylic acids is 2. The molecule has 0 saturated heterocycles. The van der Waals surface area contributed by atoms with Gasteiger partial charge in [-0.3, -0.25) is 0 Å². The first-order valence-electron chi connectivity index (χ1n) is 10.3. The Labute approximate surface area is 197 Å². The molecule has 0 spiro atoms. The van der Waals surface area contributed by atoms with Crippen LogP contribution in [0, 0.1) is 0 Å². The van der Waals surface area contributed by atoms with Crippen LogP contribution in [-0.2, 0) is 19.4 Å². The number of benzene rings is 2. The van der Waals surface area contributed by atoms with Crippen LogP contribution >= 0.6 is 0 Å². The number of hydrogen-bond acceptors (Lipinski definition) is 8. The second kappa shape index (κ2) is 10.5. The van der Waals surface area contributed by atoms with E-state index in [2.05, 4.69) is 10.6 Å². The molecule has 0 fully saturated rings. The lowest BCUT2D eigenvalue weighted by atomic mass is 9.95. The molecule has 1 heterocycles. The van der Waals surface area contributed by atoms with Gasteiger partial charge in [0.1, 0.15) is 5.75 Å². The van der Waals surface area contributed by atoms with E-state index in [0.717, 1.165) is 0 Å². The highest BCUT2D eigenvalue weighted by Gasteiger charge is 2.35. The SMILES string of the molecule is CCOc1ccc([C@H]2NC(=O)NC(CS(=O)(=O)c3ccc(OC)c(OC)c3)=C2C(=O)OC)cc1. The Kier molecular flexibility index (Phi) is 7.67. The van der Waals surface area contributed by atoms with Crippen molar-refractivity contribution in [1.29, 1.82) is 0 Å². The minimum absolute atomic E-state index is 0.0182. The third kappa shape index (κ3) is 5.25. The number of sulfone groups is 1. The summed E-state index contributed by atoms with van der Waals surface area (Å²) in [5.74, 6) is -0.210. The molecule has 0 saturated carbocycles. The third-order valence-corrected chi connectivity index (χ3v) is 6.77. The first kappa shape index (κ1) is 24.9. The predicted octanol–water partition coefficient (Wildman–Crippen LogP) is 2.36. The van der Waals surface area contributed by atoms with Crippen molar-refractivity contribution in [2.24, 2.45) is 0 Å². The van der Waals surface area contributed by atoms with E-state index in [-0.39, 0.29) is 21.9 Å². The average Bonchev–Trinajstić information content (AvgIpc) is 2.83. The lowest BCUT2D eigenvalue weighted by Gasteiger charge is -2.29. The van der Waals surface area contributed by atoms with Crippen molar-refractivity contribution in [1.82, 2.24) is 10.6 Å². The fourth-order valence-corrected chi connectivity index (χ4v) is 4.88. The standard InChI is InChI=1S/C23H26N2O8S/c1-5-33-15-8-6-14(7-9-15)21-20(22(26)32-4)17(24-23(27)25-21)13-34(28,29)16-10-11-18(30-2)19(12-16)31-3/h6-12,21H,5,13H2,1-4H3,(H2,24,25,27)/t21-/m1/s1. The van der Waals surface area contributed by atoms with E-state index >= 15 is 0 Å². The highest BCUT2D eigenvalue weighted by Crippen LogP contribution is 2.33. The Morgan fingerprint density at radius 1 is 1.00 bits per heavy atom. The zero-order chi connectivity index (χ0) is 24.9. The van der Waals surface area contributed by atoms with Crippen LogP contribution in [0.2, 0.25) is 0 Å². The molecule has 2 aromatic rings. The summed E-state index contributed by atoms with van der Waals surface area (Å²) >= 11 is 0. The minimum Gasteiger partial charge on any atom is -0.494 e. The van der Waals surface area contributed by atoms with E-state index in [4.69, 9.17) is 18.9 Å². The highest BCUT2D eigenvalue weighted by atomic mass is 32.2. The smallest absolute Gasteiger partial charge is 0.338 e. The molecule has 182 valence electrons. The first-order chi connectivity index (χ1) is 16.2.